The Morgan fingerprint density at radius 3 is 1.92 bits per heavy atom. The Morgan fingerprint density at radius 2 is 1.38 bits per heavy atom. The summed E-state index contributed by atoms with van der Waals surface area (Å²) in [6, 6.07) is 0. The summed E-state index contributed by atoms with van der Waals surface area (Å²) in [7, 11) is 1.24. The second kappa shape index (κ2) is 8.29. The Labute approximate surface area is 137 Å². The summed E-state index contributed by atoms with van der Waals surface area (Å²) in [6.07, 6.45) is -14.1. The number of aliphatic hydroxyl groups excluding tert-OH is 7. The Balaban J connectivity index is 2.14. The van der Waals surface area contributed by atoms with E-state index in [4.69, 9.17) is 18.9 Å². The minimum atomic E-state index is -1.71. The molecule has 2 fully saturated rings. The number of hydrogen-bond acceptors (Lipinski definition) is 11. The molecule has 0 saturated carbocycles. The molecule has 0 bridgehead atoms. The highest BCUT2D eigenvalue weighted by atomic mass is 16.7. The Kier molecular flexibility index (Phi) is 6.87. The Morgan fingerprint density at radius 1 is 0.750 bits per heavy atom. The fourth-order valence-electron chi connectivity index (χ4n) is 2.83. The maximum absolute atomic E-state index is 10.2. The molecule has 24 heavy (non-hydrogen) atoms. The highest BCUT2D eigenvalue weighted by Gasteiger charge is 2.50. The molecule has 0 aromatic heterocycles. The third-order valence-electron chi connectivity index (χ3n) is 4.22. The molecule has 2 heterocycles. The molecule has 0 radical (unpaired) electrons. The molecule has 0 spiro atoms. The van der Waals surface area contributed by atoms with Gasteiger partial charge in [0.1, 0.15) is 48.8 Å². The van der Waals surface area contributed by atoms with Gasteiger partial charge in [0.05, 0.1) is 13.2 Å². The lowest BCUT2D eigenvalue weighted by molar-refractivity contribution is -0.356. The van der Waals surface area contributed by atoms with Gasteiger partial charge in [0.15, 0.2) is 12.6 Å². The first-order valence-corrected chi connectivity index (χ1v) is 7.46. The monoisotopic (exact) mass is 356 g/mol. The predicted molar refractivity (Wildman–Crippen MR) is 73.4 cm³/mol. The van der Waals surface area contributed by atoms with Gasteiger partial charge in [-0.3, -0.25) is 0 Å². The molecule has 0 amide bonds. The van der Waals surface area contributed by atoms with Crippen LogP contribution in [0.4, 0.5) is 0 Å². The zero-order valence-electron chi connectivity index (χ0n) is 13.0. The van der Waals surface area contributed by atoms with Crippen LogP contribution in [0.3, 0.4) is 0 Å². The number of hydrogen-bond donors (Lipinski definition) is 7. The van der Waals surface area contributed by atoms with Crippen molar-refractivity contribution < 1.29 is 54.7 Å². The van der Waals surface area contributed by atoms with E-state index in [0.717, 1.165) is 0 Å². The van der Waals surface area contributed by atoms with Crippen molar-refractivity contribution in [2.75, 3.05) is 20.3 Å². The van der Waals surface area contributed by atoms with Crippen molar-refractivity contribution in [1.29, 1.82) is 0 Å². The molecule has 0 aromatic carbocycles. The summed E-state index contributed by atoms with van der Waals surface area (Å²) in [5.41, 5.74) is 0. The number of aliphatic hydroxyl groups is 7. The summed E-state index contributed by atoms with van der Waals surface area (Å²) in [4.78, 5) is 0. The first kappa shape index (κ1) is 19.9. The minimum absolute atomic E-state index is 0.581. The zero-order valence-corrected chi connectivity index (χ0v) is 13.0. The first-order chi connectivity index (χ1) is 11.3. The van der Waals surface area contributed by atoms with Crippen LogP contribution in [-0.4, -0.2) is 117 Å². The molecule has 11 heteroatoms. The van der Waals surface area contributed by atoms with Crippen molar-refractivity contribution >= 4 is 0 Å². The maximum Gasteiger partial charge on any atom is 0.187 e. The largest absolute Gasteiger partial charge is 0.394 e. The van der Waals surface area contributed by atoms with Gasteiger partial charge in [0, 0.05) is 7.11 Å². The smallest absolute Gasteiger partial charge is 0.187 e. The van der Waals surface area contributed by atoms with E-state index in [-0.39, 0.29) is 0 Å². The lowest BCUT2D eigenvalue weighted by Gasteiger charge is -2.45. The maximum atomic E-state index is 10.2. The summed E-state index contributed by atoms with van der Waals surface area (Å²) in [5, 5.41) is 67.8. The highest BCUT2D eigenvalue weighted by molar-refractivity contribution is 4.94. The fraction of sp³-hybridized carbons (Fsp3) is 1.00. The van der Waals surface area contributed by atoms with Crippen molar-refractivity contribution in [3.63, 3.8) is 0 Å². The molecule has 11 nitrogen and oxygen atoms in total. The van der Waals surface area contributed by atoms with Crippen molar-refractivity contribution in [3.05, 3.63) is 0 Å². The van der Waals surface area contributed by atoms with Crippen molar-refractivity contribution in [2.24, 2.45) is 0 Å². The normalized spacial score (nSPS) is 50.0. The third-order valence-corrected chi connectivity index (χ3v) is 4.22. The van der Waals surface area contributed by atoms with E-state index >= 15 is 0 Å². The van der Waals surface area contributed by atoms with Gasteiger partial charge in [-0.1, -0.05) is 0 Å². The summed E-state index contributed by atoms with van der Waals surface area (Å²) in [6.45, 7) is -1.23. The van der Waals surface area contributed by atoms with Gasteiger partial charge in [-0.05, 0) is 0 Å². The second-order valence-corrected chi connectivity index (χ2v) is 5.74. The Bertz CT molecular complexity index is 394. The van der Waals surface area contributed by atoms with E-state index in [0.29, 0.717) is 0 Å². The van der Waals surface area contributed by atoms with Crippen molar-refractivity contribution in [3.8, 4) is 0 Å². The molecule has 0 aliphatic carbocycles. The molecule has 2 rings (SSSR count). The summed E-state index contributed by atoms with van der Waals surface area (Å²) < 4.78 is 20.6. The number of methoxy groups -OCH3 is 1. The molecule has 2 aliphatic rings. The topological polar surface area (TPSA) is 179 Å². The van der Waals surface area contributed by atoms with E-state index in [9.17, 15) is 35.7 Å². The predicted octanol–water partition coefficient (Wildman–Crippen LogP) is -4.74. The van der Waals surface area contributed by atoms with Gasteiger partial charge >= 0.3 is 0 Å². The van der Waals surface area contributed by atoms with Gasteiger partial charge in [0.25, 0.3) is 0 Å². The molecule has 142 valence electrons. The van der Waals surface area contributed by atoms with Crippen LogP contribution >= 0.6 is 0 Å². The van der Waals surface area contributed by atoms with Crippen LogP contribution in [0, 0.1) is 0 Å². The van der Waals surface area contributed by atoms with E-state index in [2.05, 4.69) is 0 Å². The summed E-state index contributed by atoms with van der Waals surface area (Å²) in [5.74, 6) is 0. The summed E-state index contributed by atoms with van der Waals surface area (Å²) >= 11 is 0. The van der Waals surface area contributed by atoms with Gasteiger partial charge in [-0.25, -0.2) is 0 Å². The van der Waals surface area contributed by atoms with Gasteiger partial charge < -0.3 is 54.7 Å². The molecule has 2 aliphatic heterocycles. The third kappa shape index (κ3) is 3.71. The first-order valence-electron chi connectivity index (χ1n) is 7.46. The van der Waals surface area contributed by atoms with Gasteiger partial charge in [-0.15, -0.1) is 0 Å². The minimum Gasteiger partial charge on any atom is -0.394 e. The van der Waals surface area contributed by atoms with Gasteiger partial charge in [0.2, 0.25) is 0 Å². The van der Waals surface area contributed by atoms with Crippen molar-refractivity contribution in [1.82, 2.24) is 0 Å². The molecule has 10 atom stereocenters. The van der Waals surface area contributed by atoms with E-state index in [1.54, 1.807) is 0 Å². The van der Waals surface area contributed by atoms with Crippen LogP contribution in [0.2, 0.25) is 0 Å². The fourth-order valence-corrected chi connectivity index (χ4v) is 2.83. The van der Waals surface area contributed by atoms with Crippen LogP contribution in [0.5, 0.6) is 0 Å². The van der Waals surface area contributed by atoms with Crippen LogP contribution in [0.15, 0.2) is 0 Å². The quantitative estimate of drug-likeness (QED) is 0.251. The molecule has 0 aromatic rings. The van der Waals surface area contributed by atoms with Crippen LogP contribution in [-0.2, 0) is 18.9 Å². The highest BCUT2D eigenvalue weighted by Crippen LogP contribution is 2.29. The molecular formula is C13H24O11. The lowest BCUT2D eigenvalue weighted by atomic mass is 9.97. The van der Waals surface area contributed by atoms with Crippen LogP contribution in [0.25, 0.3) is 0 Å². The molecule has 2 saturated heterocycles. The Hall–Kier alpha value is -0.440. The standard InChI is InChI=1S/C13H24O11/c1-21-11-6(16)4(2-14)23-13(9(11)19)24-10-5(3-15)22-12(20)8(18)7(10)17/h4-20H,2-3H2,1H3/t4-,5-,6-,7-,8-,9-,10-,11+,12-,13-/m1/s1. The lowest BCUT2D eigenvalue weighted by Crippen LogP contribution is -2.64. The number of ether oxygens (including phenoxy) is 4. The molecular weight excluding hydrogens is 332 g/mol. The molecule has 7 N–H and O–H groups in total. The average Bonchev–Trinajstić information content (AvgIpc) is 2.57. The van der Waals surface area contributed by atoms with Crippen molar-refractivity contribution in [2.45, 2.75) is 61.4 Å². The van der Waals surface area contributed by atoms with Crippen LogP contribution < -0.4 is 0 Å². The van der Waals surface area contributed by atoms with Crippen LogP contribution in [0.1, 0.15) is 0 Å². The SMILES string of the molecule is CO[C@@H]1[C@@H](O)[C@@H](O[C@H]2[C@H](O)[C@@H](O)[C@H](O)O[C@@H]2CO)O[C@H](CO)[C@H]1O. The van der Waals surface area contributed by atoms with E-state index in [1.165, 1.54) is 7.11 Å². The average molecular weight is 356 g/mol. The van der Waals surface area contributed by atoms with Gasteiger partial charge in [-0.2, -0.15) is 0 Å². The molecule has 0 unspecified atom stereocenters. The number of rotatable bonds is 5. The van der Waals surface area contributed by atoms with E-state index < -0.39 is 74.6 Å². The van der Waals surface area contributed by atoms with E-state index in [1.807, 2.05) is 0 Å². The second-order valence-electron chi connectivity index (χ2n) is 5.74. The zero-order chi connectivity index (χ0) is 18.0.